The Morgan fingerprint density at radius 2 is 2.00 bits per heavy atom. The number of hydrogen-bond acceptors (Lipinski definition) is 3. The molecule has 1 fully saturated rings. The third kappa shape index (κ3) is 3.24. The molecule has 0 saturated carbocycles. The van der Waals surface area contributed by atoms with Crippen LogP contribution in [0.2, 0.25) is 10.3 Å². The lowest BCUT2D eigenvalue weighted by Gasteiger charge is -2.30. The van der Waals surface area contributed by atoms with Gasteiger partial charge in [-0.25, -0.2) is 4.98 Å². The van der Waals surface area contributed by atoms with E-state index in [0.29, 0.717) is 16.3 Å². The van der Waals surface area contributed by atoms with Crippen LogP contribution >= 0.6 is 23.2 Å². The number of nitrogens with one attached hydrogen (secondary N) is 1. The molecule has 0 spiro atoms. The Kier molecular flexibility index (Phi) is 4.13. The maximum atomic E-state index is 6.11. The van der Waals surface area contributed by atoms with Gasteiger partial charge in [0.2, 0.25) is 0 Å². The first kappa shape index (κ1) is 12.9. The minimum absolute atomic E-state index is 0.446. The van der Waals surface area contributed by atoms with Crippen molar-refractivity contribution in [1.82, 2.24) is 9.88 Å². The van der Waals surface area contributed by atoms with E-state index in [2.05, 4.69) is 22.2 Å². The Bertz CT molecular complexity index is 378. The summed E-state index contributed by atoms with van der Waals surface area (Å²) in [5, 5.41) is 4.40. The molecule has 0 unspecified atom stereocenters. The largest absolute Gasteiger partial charge is 0.380 e. The number of hydrogen-bond donors (Lipinski definition) is 1. The topological polar surface area (TPSA) is 28.2 Å². The highest BCUT2D eigenvalue weighted by Gasteiger charge is 2.18. The third-order valence-corrected chi connectivity index (χ3v) is 3.68. The lowest BCUT2D eigenvalue weighted by Crippen LogP contribution is -2.36. The van der Waals surface area contributed by atoms with Crippen molar-refractivity contribution in [3.8, 4) is 0 Å². The van der Waals surface area contributed by atoms with E-state index in [4.69, 9.17) is 23.2 Å². The molecule has 1 saturated heterocycles. The number of nitrogens with zero attached hydrogens (tertiary/aromatic N) is 2. The quantitative estimate of drug-likeness (QED) is 0.839. The maximum Gasteiger partial charge on any atom is 0.154 e. The van der Waals surface area contributed by atoms with Gasteiger partial charge in [0.25, 0.3) is 0 Å². The van der Waals surface area contributed by atoms with E-state index in [1.807, 2.05) is 13.0 Å². The summed E-state index contributed by atoms with van der Waals surface area (Å²) in [5.74, 6) is 0. The van der Waals surface area contributed by atoms with Crippen molar-refractivity contribution in [1.29, 1.82) is 0 Å². The molecule has 0 radical (unpaired) electrons. The molecule has 1 aliphatic heterocycles. The monoisotopic (exact) mass is 273 g/mol. The fourth-order valence-corrected chi connectivity index (χ4v) is 2.71. The number of likely N-dealkylation sites (tertiary alicyclic amines) is 1. The first-order valence-corrected chi connectivity index (χ1v) is 6.59. The zero-order valence-electron chi connectivity index (χ0n) is 10.1. The molecule has 0 aliphatic carbocycles. The Balaban J connectivity index is 2.08. The lowest BCUT2D eigenvalue weighted by molar-refractivity contribution is 0.264. The van der Waals surface area contributed by atoms with Gasteiger partial charge in [-0.1, -0.05) is 23.2 Å². The van der Waals surface area contributed by atoms with Crippen molar-refractivity contribution in [3.63, 3.8) is 0 Å². The number of piperidine rings is 1. The van der Waals surface area contributed by atoms with Gasteiger partial charge in [-0.05, 0) is 51.5 Å². The minimum atomic E-state index is 0.446. The molecule has 94 valence electrons. The van der Waals surface area contributed by atoms with E-state index in [1.54, 1.807) is 0 Å². The van der Waals surface area contributed by atoms with Crippen molar-refractivity contribution in [2.45, 2.75) is 25.8 Å². The van der Waals surface area contributed by atoms with Crippen molar-refractivity contribution in [2.75, 3.05) is 25.5 Å². The second-order valence-electron chi connectivity index (χ2n) is 4.65. The highest BCUT2D eigenvalue weighted by Crippen LogP contribution is 2.28. The molecule has 0 amide bonds. The number of pyridine rings is 1. The van der Waals surface area contributed by atoms with Gasteiger partial charge in [-0.2, -0.15) is 0 Å². The Labute approximate surface area is 112 Å². The van der Waals surface area contributed by atoms with Crippen LogP contribution in [0.1, 0.15) is 18.4 Å². The Hall–Kier alpha value is -0.510. The number of anilines is 1. The van der Waals surface area contributed by atoms with Crippen LogP contribution in [0, 0.1) is 6.92 Å². The van der Waals surface area contributed by atoms with Crippen LogP contribution in [0.5, 0.6) is 0 Å². The SMILES string of the molecule is Cc1cc(Cl)nc(Cl)c1NC1CCN(C)CC1. The lowest BCUT2D eigenvalue weighted by atomic mass is 10.0. The molecule has 2 rings (SSSR count). The molecule has 17 heavy (non-hydrogen) atoms. The predicted octanol–water partition coefficient (Wildman–Crippen LogP) is 3.20. The molecule has 5 heteroatoms. The number of rotatable bonds is 2. The number of aryl methyl sites for hydroxylation is 1. The van der Waals surface area contributed by atoms with Crippen LogP contribution in [0.15, 0.2) is 6.07 Å². The van der Waals surface area contributed by atoms with E-state index in [0.717, 1.165) is 37.2 Å². The van der Waals surface area contributed by atoms with Crippen LogP contribution in [-0.4, -0.2) is 36.1 Å². The van der Waals surface area contributed by atoms with Crippen LogP contribution in [0.3, 0.4) is 0 Å². The standard InChI is InChI=1S/C12H17Cl2N3/c1-8-7-10(13)16-12(14)11(8)15-9-3-5-17(2)6-4-9/h7,9,15H,3-6H2,1-2H3. The summed E-state index contributed by atoms with van der Waals surface area (Å²) in [6, 6.07) is 2.32. The van der Waals surface area contributed by atoms with Gasteiger partial charge in [0.1, 0.15) is 5.15 Å². The predicted molar refractivity (Wildman–Crippen MR) is 73.1 cm³/mol. The van der Waals surface area contributed by atoms with Crippen LogP contribution in [0.4, 0.5) is 5.69 Å². The van der Waals surface area contributed by atoms with Crippen LogP contribution in [-0.2, 0) is 0 Å². The molecule has 3 nitrogen and oxygen atoms in total. The summed E-state index contributed by atoms with van der Waals surface area (Å²) in [7, 11) is 2.15. The fraction of sp³-hybridized carbons (Fsp3) is 0.583. The Morgan fingerprint density at radius 3 is 2.59 bits per heavy atom. The summed E-state index contributed by atoms with van der Waals surface area (Å²) >= 11 is 12.0. The third-order valence-electron chi connectivity index (χ3n) is 3.21. The zero-order valence-corrected chi connectivity index (χ0v) is 11.6. The molecule has 1 N–H and O–H groups in total. The molecule has 1 aliphatic rings. The van der Waals surface area contributed by atoms with Crippen molar-refractivity contribution in [3.05, 3.63) is 21.9 Å². The summed E-state index contributed by atoms with van der Waals surface area (Å²) in [6.07, 6.45) is 2.27. The summed E-state index contributed by atoms with van der Waals surface area (Å²) in [6.45, 7) is 4.24. The second kappa shape index (κ2) is 5.42. The highest BCUT2D eigenvalue weighted by atomic mass is 35.5. The van der Waals surface area contributed by atoms with E-state index in [-0.39, 0.29) is 0 Å². The minimum Gasteiger partial charge on any atom is -0.380 e. The van der Waals surface area contributed by atoms with E-state index in [1.165, 1.54) is 0 Å². The van der Waals surface area contributed by atoms with E-state index in [9.17, 15) is 0 Å². The van der Waals surface area contributed by atoms with Gasteiger partial charge in [0.05, 0.1) is 5.69 Å². The second-order valence-corrected chi connectivity index (χ2v) is 5.39. The molecular formula is C12H17Cl2N3. The average Bonchev–Trinajstić information content (AvgIpc) is 2.26. The van der Waals surface area contributed by atoms with Gasteiger partial charge in [-0.15, -0.1) is 0 Å². The molecule has 0 bridgehead atoms. The van der Waals surface area contributed by atoms with Gasteiger partial charge < -0.3 is 10.2 Å². The molecule has 1 aromatic rings. The maximum absolute atomic E-state index is 6.11. The number of halogens is 2. The van der Waals surface area contributed by atoms with Gasteiger partial charge in [0.15, 0.2) is 5.15 Å². The van der Waals surface area contributed by atoms with E-state index < -0.39 is 0 Å². The van der Waals surface area contributed by atoms with Crippen LogP contribution in [0.25, 0.3) is 0 Å². The van der Waals surface area contributed by atoms with Crippen molar-refractivity contribution in [2.24, 2.45) is 0 Å². The van der Waals surface area contributed by atoms with Crippen molar-refractivity contribution >= 4 is 28.9 Å². The molecule has 0 aromatic carbocycles. The van der Waals surface area contributed by atoms with Crippen LogP contribution < -0.4 is 5.32 Å². The molecular weight excluding hydrogens is 257 g/mol. The first-order chi connectivity index (χ1) is 8.06. The smallest absolute Gasteiger partial charge is 0.154 e. The Morgan fingerprint density at radius 1 is 1.35 bits per heavy atom. The summed E-state index contributed by atoms with van der Waals surface area (Å²) in [4.78, 5) is 6.41. The fourth-order valence-electron chi connectivity index (χ4n) is 2.13. The first-order valence-electron chi connectivity index (χ1n) is 5.84. The molecule has 1 aromatic heterocycles. The molecule has 0 atom stereocenters. The zero-order chi connectivity index (χ0) is 12.4. The summed E-state index contributed by atoms with van der Waals surface area (Å²) in [5.41, 5.74) is 1.97. The van der Waals surface area contributed by atoms with E-state index >= 15 is 0 Å². The van der Waals surface area contributed by atoms with Gasteiger partial charge >= 0.3 is 0 Å². The number of aromatic nitrogens is 1. The average molecular weight is 274 g/mol. The highest BCUT2D eigenvalue weighted by molar-refractivity contribution is 6.34. The van der Waals surface area contributed by atoms with Gasteiger partial charge in [-0.3, -0.25) is 0 Å². The summed E-state index contributed by atoms with van der Waals surface area (Å²) < 4.78 is 0. The normalized spacial score (nSPS) is 18.4. The van der Waals surface area contributed by atoms with Gasteiger partial charge in [0, 0.05) is 6.04 Å². The van der Waals surface area contributed by atoms with Crippen molar-refractivity contribution < 1.29 is 0 Å². The molecule has 2 heterocycles.